The molecule has 2 aliphatic rings. The first-order chi connectivity index (χ1) is 40.6. The molecule has 13 aromatic rings. The maximum atomic E-state index is 2.67. The molecule has 2 aliphatic heterocycles. The van der Waals surface area contributed by atoms with E-state index < -0.39 is 0 Å². The first-order valence-electron chi connectivity index (χ1n) is 30.0. The van der Waals surface area contributed by atoms with E-state index in [1.54, 1.807) is 0 Å². The fourth-order valence-electron chi connectivity index (χ4n) is 14.0. The van der Waals surface area contributed by atoms with Crippen LogP contribution in [0.2, 0.25) is 0 Å². The average Bonchev–Trinajstić information content (AvgIpc) is 0.896. The van der Waals surface area contributed by atoms with Crippen LogP contribution in [0.15, 0.2) is 243 Å². The van der Waals surface area contributed by atoms with Crippen molar-refractivity contribution in [1.29, 1.82) is 0 Å². The Balaban J connectivity index is 1.09. The summed E-state index contributed by atoms with van der Waals surface area (Å²) >= 11 is 0. The van der Waals surface area contributed by atoms with Crippen molar-refractivity contribution in [1.82, 2.24) is 9.13 Å². The zero-order valence-electron chi connectivity index (χ0n) is 49.7. The van der Waals surface area contributed by atoms with Gasteiger partial charge in [-0.1, -0.05) is 220 Å². The summed E-state index contributed by atoms with van der Waals surface area (Å²) in [6.45, 7) is 21.0. The molecule has 0 amide bonds. The van der Waals surface area contributed by atoms with E-state index in [4.69, 9.17) is 0 Å². The molecule has 0 atom stereocenters. The number of fused-ring (bicyclic) bond motifs is 10. The van der Waals surface area contributed by atoms with Crippen LogP contribution in [0.1, 0.15) is 79.0 Å². The van der Waals surface area contributed by atoms with E-state index in [0.717, 1.165) is 29.2 Å². The molecule has 2 aromatic heterocycles. The van der Waals surface area contributed by atoms with Crippen molar-refractivity contribution < 1.29 is 0 Å². The lowest BCUT2D eigenvalue weighted by molar-refractivity contribution is 0.411. The van der Waals surface area contributed by atoms with Crippen molar-refractivity contribution >= 4 is 101 Å². The van der Waals surface area contributed by atoms with Crippen molar-refractivity contribution in [2.75, 3.05) is 9.80 Å². The molecule has 0 aliphatic carbocycles. The highest BCUT2D eigenvalue weighted by Crippen LogP contribution is 2.51. The van der Waals surface area contributed by atoms with E-state index in [1.807, 2.05) is 0 Å². The lowest BCUT2D eigenvalue weighted by Gasteiger charge is -2.45. The second-order valence-electron chi connectivity index (χ2n) is 26.8. The molecule has 408 valence electrons. The number of rotatable bonds is 7. The lowest BCUT2D eigenvalue weighted by Crippen LogP contribution is -2.61. The Morgan fingerprint density at radius 2 is 0.679 bits per heavy atom. The van der Waals surface area contributed by atoms with Crippen LogP contribution >= 0.6 is 0 Å². The van der Waals surface area contributed by atoms with Crippen LogP contribution in [0.25, 0.3) is 77.2 Å². The Morgan fingerprint density at radius 3 is 1.04 bits per heavy atom. The van der Waals surface area contributed by atoms with Crippen molar-refractivity contribution in [2.24, 2.45) is 5.41 Å². The second-order valence-corrected chi connectivity index (χ2v) is 26.8. The van der Waals surface area contributed by atoms with Gasteiger partial charge in [-0.15, -0.1) is 0 Å². The van der Waals surface area contributed by atoms with Gasteiger partial charge in [0.25, 0.3) is 6.71 Å². The van der Waals surface area contributed by atoms with E-state index in [-0.39, 0.29) is 23.0 Å². The third-order valence-electron chi connectivity index (χ3n) is 17.9. The van der Waals surface area contributed by atoms with Gasteiger partial charge in [0.1, 0.15) is 0 Å². The van der Waals surface area contributed by atoms with Gasteiger partial charge in [-0.2, -0.15) is 0 Å². The van der Waals surface area contributed by atoms with Crippen LogP contribution in [0, 0.1) is 5.41 Å². The minimum absolute atomic E-state index is 0.0182. The first-order valence-corrected chi connectivity index (χ1v) is 30.0. The molecule has 4 nitrogen and oxygen atoms in total. The summed E-state index contributed by atoms with van der Waals surface area (Å²) in [4.78, 5) is 5.33. The summed E-state index contributed by atoms with van der Waals surface area (Å²) in [5.74, 6) is 0. The molecule has 0 bridgehead atoms. The second kappa shape index (κ2) is 19.1. The molecule has 5 heteroatoms. The number of aromatic nitrogens is 2. The van der Waals surface area contributed by atoms with E-state index in [1.165, 1.54) is 122 Å². The van der Waals surface area contributed by atoms with Crippen molar-refractivity contribution in [3.05, 3.63) is 259 Å². The van der Waals surface area contributed by atoms with Crippen molar-refractivity contribution in [3.8, 4) is 33.6 Å². The van der Waals surface area contributed by atoms with Crippen LogP contribution < -0.4 is 26.2 Å². The van der Waals surface area contributed by atoms with Crippen LogP contribution in [0.5, 0.6) is 0 Å². The van der Waals surface area contributed by atoms with E-state index in [2.05, 4.69) is 324 Å². The summed E-state index contributed by atoms with van der Waals surface area (Å²) in [7, 11) is 0. The zero-order valence-corrected chi connectivity index (χ0v) is 49.7. The summed E-state index contributed by atoms with van der Waals surface area (Å²) in [6.07, 6.45) is 0.880. The zero-order chi connectivity index (χ0) is 57.4. The van der Waals surface area contributed by atoms with Crippen LogP contribution in [0.4, 0.5) is 34.1 Å². The van der Waals surface area contributed by atoms with Gasteiger partial charge in [-0.25, -0.2) is 0 Å². The molecule has 84 heavy (non-hydrogen) atoms. The molecule has 0 radical (unpaired) electrons. The van der Waals surface area contributed by atoms with Gasteiger partial charge < -0.3 is 18.9 Å². The SMILES string of the molecule is CC(C)(C)Cc1cc2c3c(c1)N(c1ccc(C(C)(C)C)cc1-c1ccccc1)c1cc(-n4c5ccccc5c5ccccc54)ccc1B3c1ccc(-n3c4ccccc4c4ccccc43)cc1N2c1ccc(C(C)(C)C)cc1-c1ccccc1. The summed E-state index contributed by atoms with van der Waals surface area (Å²) in [6, 6.07) is 92.2. The topological polar surface area (TPSA) is 16.3 Å². The van der Waals surface area contributed by atoms with Gasteiger partial charge in [0.05, 0.1) is 33.4 Å². The highest BCUT2D eigenvalue weighted by molar-refractivity contribution is 7.00. The number of nitrogens with zero attached hydrogens (tertiary/aromatic N) is 4. The predicted octanol–water partition coefficient (Wildman–Crippen LogP) is 19.5. The molecule has 0 N–H and O–H groups in total. The van der Waals surface area contributed by atoms with Gasteiger partial charge >= 0.3 is 0 Å². The molecule has 0 saturated carbocycles. The van der Waals surface area contributed by atoms with E-state index in [9.17, 15) is 0 Å². The maximum absolute atomic E-state index is 2.67. The standard InChI is InChI=1S/C79H69BN4/c1-77(2,3)50-51-44-74-76-75(45-51)84(71-43-37-55(79(7,8)9)47-63(71)53-26-14-11-15-27-53)73-49-57(82-68-34-22-18-30-60(68)61-31-19-23-35-69(61)82)39-41-65(73)80(76)64-40-38-56(81-66-32-20-16-28-58(66)59-29-17-21-33-67(59)81)48-72(64)83(74)70-42-36-54(78(4,5)6)46-62(70)52-24-12-10-13-25-52/h10-49H,50H2,1-9H3. The Bertz CT molecular complexity index is 4370. The summed E-state index contributed by atoms with van der Waals surface area (Å²) in [5.41, 5.74) is 26.5. The predicted molar refractivity (Wildman–Crippen MR) is 361 cm³/mol. The molecular weight excluding hydrogens is 1020 g/mol. The molecule has 0 fully saturated rings. The Morgan fingerprint density at radius 1 is 0.321 bits per heavy atom. The average molecular weight is 1090 g/mol. The maximum Gasteiger partial charge on any atom is 0.252 e. The number of para-hydroxylation sites is 4. The van der Waals surface area contributed by atoms with E-state index >= 15 is 0 Å². The molecule has 0 saturated heterocycles. The largest absolute Gasteiger partial charge is 0.311 e. The number of hydrogen-bond donors (Lipinski definition) is 0. The first kappa shape index (κ1) is 51.6. The molecule has 0 spiro atoms. The van der Waals surface area contributed by atoms with Gasteiger partial charge in [-0.3, -0.25) is 0 Å². The summed E-state index contributed by atoms with van der Waals surface area (Å²) < 4.78 is 4.98. The molecule has 4 heterocycles. The minimum atomic E-state index is -0.126. The summed E-state index contributed by atoms with van der Waals surface area (Å²) in [5, 5.41) is 5.00. The lowest BCUT2D eigenvalue weighted by atomic mass is 9.33. The minimum Gasteiger partial charge on any atom is -0.311 e. The van der Waals surface area contributed by atoms with Crippen molar-refractivity contribution in [2.45, 2.75) is 79.6 Å². The van der Waals surface area contributed by atoms with Crippen LogP contribution in [-0.2, 0) is 17.3 Å². The van der Waals surface area contributed by atoms with Crippen LogP contribution in [0.3, 0.4) is 0 Å². The fraction of sp³-hybridized carbons (Fsp3) is 0.165. The molecule has 15 rings (SSSR count). The molecular formula is C79H69BN4. The Kier molecular flexibility index (Phi) is 11.7. The van der Waals surface area contributed by atoms with Crippen LogP contribution in [-0.4, -0.2) is 15.8 Å². The fourth-order valence-corrected chi connectivity index (χ4v) is 14.0. The number of anilines is 6. The van der Waals surface area contributed by atoms with Crippen molar-refractivity contribution in [3.63, 3.8) is 0 Å². The Labute approximate surface area is 495 Å². The molecule has 11 aromatic carbocycles. The van der Waals surface area contributed by atoms with E-state index in [0.29, 0.717) is 0 Å². The number of benzene rings is 11. The third kappa shape index (κ3) is 8.34. The Hall–Kier alpha value is -9.32. The highest BCUT2D eigenvalue weighted by Gasteiger charge is 2.45. The van der Waals surface area contributed by atoms with Gasteiger partial charge in [0.2, 0.25) is 0 Å². The smallest absolute Gasteiger partial charge is 0.252 e. The highest BCUT2D eigenvalue weighted by atomic mass is 15.2. The third-order valence-corrected chi connectivity index (χ3v) is 17.9. The van der Waals surface area contributed by atoms with Gasteiger partial charge in [0, 0.05) is 66.8 Å². The normalized spacial score (nSPS) is 13.3. The number of hydrogen-bond acceptors (Lipinski definition) is 2. The van der Waals surface area contributed by atoms with Gasteiger partial charge in [0.15, 0.2) is 0 Å². The molecule has 0 unspecified atom stereocenters. The monoisotopic (exact) mass is 1080 g/mol. The quantitative estimate of drug-likeness (QED) is 0.148. The van der Waals surface area contributed by atoms with Gasteiger partial charge in [-0.05, 0) is 152 Å².